The Kier molecular flexibility index (Phi) is 5.24. The lowest BCUT2D eigenvalue weighted by atomic mass is 9.95. The van der Waals surface area contributed by atoms with Gasteiger partial charge in [0.05, 0.1) is 30.4 Å². The lowest BCUT2D eigenvalue weighted by molar-refractivity contribution is -0.122. The van der Waals surface area contributed by atoms with Crippen LogP contribution in [0.2, 0.25) is 0 Å². The number of amides is 2. The molecule has 2 amide bonds. The number of nitrogen functional groups attached to an aromatic ring is 1. The van der Waals surface area contributed by atoms with E-state index in [1.165, 1.54) is 0 Å². The summed E-state index contributed by atoms with van der Waals surface area (Å²) < 4.78 is 7.20. The number of nitrogens with one attached hydrogen (secondary N) is 2. The SMILES string of the molecule is CCOCC(O)Cn1cc(C2=C(c3c[nH]c4ccccc34)C(=O)NC2=O)c2cc(N)ccc21. The predicted octanol–water partition coefficient (Wildman–Crippen LogP) is 2.67. The number of imide groups is 1. The van der Waals surface area contributed by atoms with Crippen LogP contribution in [-0.4, -0.2) is 45.8 Å². The summed E-state index contributed by atoms with van der Waals surface area (Å²) >= 11 is 0. The second kappa shape index (κ2) is 8.23. The molecule has 1 aliphatic rings. The summed E-state index contributed by atoms with van der Waals surface area (Å²) in [5.74, 6) is -0.905. The molecule has 0 spiro atoms. The Balaban J connectivity index is 1.72. The molecule has 1 aliphatic heterocycles. The van der Waals surface area contributed by atoms with Gasteiger partial charge in [0.25, 0.3) is 11.8 Å². The Bertz CT molecular complexity index is 1430. The monoisotopic (exact) mass is 444 g/mol. The minimum atomic E-state index is -0.730. The smallest absolute Gasteiger partial charge is 0.259 e. The highest BCUT2D eigenvalue weighted by atomic mass is 16.5. The summed E-state index contributed by atoms with van der Waals surface area (Å²) in [6.07, 6.45) is 2.81. The van der Waals surface area contributed by atoms with Crippen molar-refractivity contribution in [3.05, 3.63) is 66.0 Å². The lowest BCUT2D eigenvalue weighted by Gasteiger charge is -2.12. The van der Waals surface area contributed by atoms with E-state index >= 15 is 0 Å². The highest BCUT2D eigenvalue weighted by Crippen LogP contribution is 2.38. The van der Waals surface area contributed by atoms with Gasteiger partial charge in [-0.2, -0.15) is 0 Å². The number of hydrogen-bond donors (Lipinski definition) is 4. The molecule has 8 nitrogen and oxygen atoms in total. The number of carbonyl (C=O) groups excluding carboxylic acids is 2. The number of aliphatic hydroxyl groups excluding tert-OH is 1. The number of hydrogen-bond acceptors (Lipinski definition) is 5. The van der Waals surface area contributed by atoms with Crippen LogP contribution in [0.5, 0.6) is 0 Å². The molecule has 0 fully saturated rings. The third-order valence-corrected chi connectivity index (χ3v) is 5.89. The van der Waals surface area contributed by atoms with Crippen molar-refractivity contribution in [1.82, 2.24) is 14.9 Å². The lowest BCUT2D eigenvalue weighted by Crippen LogP contribution is -2.22. The molecular weight excluding hydrogens is 420 g/mol. The van der Waals surface area contributed by atoms with E-state index in [-0.39, 0.29) is 13.2 Å². The standard InChI is InChI=1S/C25H24N4O4/c1-2-33-13-15(30)11-29-12-19(17-9-14(26)7-8-21(17)29)23-22(24(31)28-25(23)32)18-10-27-20-6-4-3-5-16(18)20/h3-10,12,15,27,30H,2,11,13,26H2,1H3,(H,28,31,32). The summed E-state index contributed by atoms with van der Waals surface area (Å²) in [6, 6.07) is 13.0. The third-order valence-electron chi connectivity index (χ3n) is 5.89. The molecule has 0 saturated heterocycles. The van der Waals surface area contributed by atoms with E-state index in [0.717, 1.165) is 21.8 Å². The number of rotatable bonds is 7. The molecule has 8 heteroatoms. The van der Waals surface area contributed by atoms with Gasteiger partial charge in [-0.1, -0.05) is 18.2 Å². The fourth-order valence-corrected chi connectivity index (χ4v) is 4.45. The normalized spacial score (nSPS) is 15.1. The van der Waals surface area contributed by atoms with Gasteiger partial charge in [-0.15, -0.1) is 0 Å². The van der Waals surface area contributed by atoms with Gasteiger partial charge in [0.2, 0.25) is 0 Å². The first kappa shape index (κ1) is 21.0. The number of nitrogens with two attached hydrogens (primary N) is 1. The van der Waals surface area contributed by atoms with Gasteiger partial charge in [-0.25, -0.2) is 0 Å². The van der Waals surface area contributed by atoms with Crippen molar-refractivity contribution < 1.29 is 19.4 Å². The average molecular weight is 444 g/mol. The van der Waals surface area contributed by atoms with E-state index in [2.05, 4.69) is 10.3 Å². The Morgan fingerprint density at radius 1 is 1.06 bits per heavy atom. The maximum absolute atomic E-state index is 13.0. The van der Waals surface area contributed by atoms with Crippen molar-refractivity contribution in [3.63, 3.8) is 0 Å². The van der Waals surface area contributed by atoms with Gasteiger partial charge in [0.1, 0.15) is 0 Å². The van der Waals surface area contributed by atoms with Crippen LogP contribution in [0.25, 0.3) is 33.0 Å². The molecule has 5 rings (SSSR count). The summed E-state index contributed by atoms with van der Waals surface area (Å²) in [5.41, 5.74) is 10.1. The maximum atomic E-state index is 13.0. The molecule has 33 heavy (non-hydrogen) atoms. The number of H-pyrrole nitrogens is 1. The van der Waals surface area contributed by atoms with Crippen molar-refractivity contribution in [3.8, 4) is 0 Å². The van der Waals surface area contributed by atoms with Crippen LogP contribution >= 0.6 is 0 Å². The first-order chi connectivity index (χ1) is 16.0. The first-order valence-electron chi connectivity index (χ1n) is 10.8. The molecule has 168 valence electrons. The quantitative estimate of drug-likeness (QED) is 0.258. The zero-order valence-electron chi connectivity index (χ0n) is 18.1. The summed E-state index contributed by atoms with van der Waals surface area (Å²) in [7, 11) is 0. The molecule has 3 heterocycles. The Hall–Kier alpha value is -3.88. The molecule has 4 aromatic rings. The van der Waals surface area contributed by atoms with Gasteiger partial charge in [-0.05, 0) is 31.2 Å². The summed E-state index contributed by atoms with van der Waals surface area (Å²) in [4.78, 5) is 29.1. The number of carbonyl (C=O) groups is 2. The molecule has 2 aromatic heterocycles. The van der Waals surface area contributed by atoms with E-state index in [9.17, 15) is 14.7 Å². The number of aromatic amines is 1. The molecule has 5 N–H and O–H groups in total. The molecule has 1 atom stereocenters. The second-order valence-electron chi connectivity index (χ2n) is 8.07. The van der Waals surface area contributed by atoms with Crippen LogP contribution < -0.4 is 11.1 Å². The minimum absolute atomic E-state index is 0.197. The Morgan fingerprint density at radius 2 is 1.82 bits per heavy atom. The molecule has 0 bridgehead atoms. The van der Waals surface area contributed by atoms with Gasteiger partial charge >= 0.3 is 0 Å². The topological polar surface area (TPSA) is 122 Å². The van der Waals surface area contributed by atoms with Crippen LogP contribution in [0.4, 0.5) is 5.69 Å². The molecule has 2 aromatic carbocycles. The van der Waals surface area contributed by atoms with Crippen LogP contribution in [0, 0.1) is 0 Å². The van der Waals surface area contributed by atoms with Crippen molar-refractivity contribution in [2.24, 2.45) is 0 Å². The number of fused-ring (bicyclic) bond motifs is 2. The number of anilines is 1. The van der Waals surface area contributed by atoms with Crippen LogP contribution in [-0.2, 0) is 20.9 Å². The van der Waals surface area contributed by atoms with Crippen molar-refractivity contribution in [1.29, 1.82) is 0 Å². The number of benzene rings is 2. The van der Waals surface area contributed by atoms with E-state index in [1.54, 1.807) is 24.5 Å². The largest absolute Gasteiger partial charge is 0.399 e. The summed E-state index contributed by atoms with van der Waals surface area (Å²) in [5, 5.41) is 14.5. The van der Waals surface area contributed by atoms with E-state index < -0.39 is 17.9 Å². The fraction of sp³-hybridized carbons (Fsp3) is 0.200. The number of para-hydroxylation sites is 1. The highest BCUT2D eigenvalue weighted by Gasteiger charge is 2.35. The number of ether oxygens (including phenoxy) is 1. The minimum Gasteiger partial charge on any atom is -0.399 e. The molecule has 1 unspecified atom stereocenters. The molecular formula is C25H24N4O4. The fourth-order valence-electron chi connectivity index (χ4n) is 4.45. The van der Waals surface area contributed by atoms with Crippen molar-refractivity contribution in [2.75, 3.05) is 18.9 Å². The zero-order chi connectivity index (χ0) is 23.1. The van der Waals surface area contributed by atoms with Gasteiger partial charge in [0, 0.05) is 57.6 Å². The van der Waals surface area contributed by atoms with Crippen LogP contribution in [0.15, 0.2) is 54.9 Å². The predicted molar refractivity (Wildman–Crippen MR) is 127 cm³/mol. The Morgan fingerprint density at radius 3 is 2.61 bits per heavy atom. The molecule has 0 radical (unpaired) electrons. The first-order valence-corrected chi connectivity index (χ1v) is 10.8. The maximum Gasteiger partial charge on any atom is 0.259 e. The number of aliphatic hydroxyl groups is 1. The van der Waals surface area contributed by atoms with Gasteiger partial charge in [-0.3, -0.25) is 14.9 Å². The average Bonchev–Trinajstić information content (AvgIpc) is 3.45. The summed E-state index contributed by atoms with van der Waals surface area (Å²) in [6.45, 7) is 2.84. The molecule has 0 saturated carbocycles. The number of aromatic nitrogens is 2. The third kappa shape index (κ3) is 3.59. The Labute approximate surface area is 189 Å². The van der Waals surface area contributed by atoms with E-state index in [4.69, 9.17) is 10.5 Å². The van der Waals surface area contributed by atoms with E-state index in [1.807, 2.05) is 41.8 Å². The zero-order valence-corrected chi connectivity index (χ0v) is 18.1. The van der Waals surface area contributed by atoms with Crippen LogP contribution in [0.3, 0.4) is 0 Å². The highest BCUT2D eigenvalue weighted by molar-refractivity contribution is 6.50. The molecule has 0 aliphatic carbocycles. The van der Waals surface area contributed by atoms with Crippen LogP contribution in [0.1, 0.15) is 18.1 Å². The van der Waals surface area contributed by atoms with Crippen molar-refractivity contribution in [2.45, 2.75) is 19.6 Å². The van der Waals surface area contributed by atoms with Gasteiger partial charge < -0.3 is 25.1 Å². The second-order valence-corrected chi connectivity index (χ2v) is 8.07. The van der Waals surface area contributed by atoms with E-state index in [0.29, 0.717) is 34.6 Å². The van der Waals surface area contributed by atoms with Gasteiger partial charge in [0.15, 0.2) is 0 Å². The number of nitrogens with zero attached hydrogens (tertiary/aromatic N) is 1. The van der Waals surface area contributed by atoms with Crippen molar-refractivity contribution >= 4 is 50.5 Å².